The normalized spacial score (nSPS) is 39.9. The van der Waals surface area contributed by atoms with Gasteiger partial charge in [0.2, 0.25) is 5.91 Å². The Morgan fingerprint density at radius 3 is 2.19 bits per heavy atom. The predicted molar refractivity (Wildman–Crippen MR) is 79.4 cm³/mol. The maximum absolute atomic E-state index is 12.2. The minimum Gasteiger partial charge on any atom is -0.457 e. The highest BCUT2D eigenvalue weighted by Crippen LogP contribution is 2.59. The van der Waals surface area contributed by atoms with Gasteiger partial charge >= 0.3 is 5.97 Å². The van der Waals surface area contributed by atoms with Gasteiger partial charge in [0.25, 0.3) is 0 Å². The summed E-state index contributed by atoms with van der Waals surface area (Å²) in [6, 6.07) is 0. The zero-order valence-electron chi connectivity index (χ0n) is 13.0. The van der Waals surface area contributed by atoms with E-state index < -0.39 is 0 Å². The minimum absolute atomic E-state index is 0.00669. The summed E-state index contributed by atoms with van der Waals surface area (Å²) in [5.41, 5.74) is -0.317. The third kappa shape index (κ3) is 2.49. The van der Waals surface area contributed by atoms with Crippen LogP contribution in [0, 0.1) is 23.7 Å². The molecule has 0 N–H and O–H groups in total. The lowest BCUT2D eigenvalue weighted by Gasteiger charge is -2.59. The smallest absolute Gasteiger partial charge is 0.326 e. The van der Waals surface area contributed by atoms with E-state index in [0.717, 1.165) is 11.8 Å². The second kappa shape index (κ2) is 5.15. The first kappa shape index (κ1) is 14.6. The van der Waals surface area contributed by atoms with Gasteiger partial charge in [-0.3, -0.25) is 9.59 Å². The second-order valence-corrected chi connectivity index (χ2v) is 7.36. The van der Waals surface area contributed by atoms with Crippen LogP contribution in [0.5, 0.6) is 0 Å². The fourth-order valence-electron chi connectivity index (χ4n) is 4.99. The Hall–Kier alpha value is -1.32. The molecule has 0 heterocycles. The largest absolute Gasteiger partial charge is 0.457 e. The molecule has 0 aromatic carbocycles. The lowest BCUT2D eigenvalue weighted by atomic mass is 9.50. The van der Waals surface area contributed by atoms with Crippen molar-refractivity contribution in [1.29, 1.82) is 0 Å². The summed E-state index contributed by atoms with van der Waals surface area (Å²) in [5.74, 6) is 2.19. The monoisotopic (exact) mass is 291 g/mol. The Morgan fingerprint density at radius 2 is 1.71 bits per heavy atom. The number of carbonyl (C=O) groups is 2. The first-order valence-electron chi connectivity index (χ1n) is 8.01. The molecule has 0 aromatic rings. The molecule has 0 atom stereocenters. The summed E-state index contributed by atoms with van der Waals surface area (Å²) in [6.07, 6.45) is 7.43. The number of ether oxygens (including phenoxy) is 1. The predicted octanol–water partition coefficient (Wildman–Crippen LogP) is 2.39. The number of esters is 1. The SMILES string of the molecule is C=CC(=O)N(C)CC(=O)OC1(C)C2CC3CC(C2)CC1C3. The van der Waals surface area contributed by atoms with E-state index in [1.54, 1.807) is 7.05 Å². The average Bonchev–Trinajstić information content (AvgIpc) is 2.43. The van der Waals surface area contributed by atoms with E-state index in [2.05, 4.69) is 13.5 Å². The van der Waals surface area contributed by atoms with E-state index in [4.69, 9.17) is 4.74 Å². The molecule has 4 aliphatic rings. The molecule has 4 aliphatic carbocycles. The molecular formula is C17H25NO3. The standard InChI is InChI=1S/C17H25NO3/c1-4-15(19)18(3)10-16(20)21-17(2)13-6-11-5-12(8-13)9-14(17)7-11/h4,11-14H,1,5-10H2,2-3H3. The maximum atomic E-state index is 12.2. The van der Waals surface area contributed by atoms with E-state index in [1.807, 2.05) is 0 Å². The first-order valence-corrected chi connectivity index (χ1v) is 8.01. The molecule has 0 aromatic heterocycles. The highest BCUT2D eigenvalue weighted by atomic mass is 16.6. The number of hydrogen-bond acceptors (Lipinski definition) is 3. The number of carbonyl (C=O) groups excluding carboxylic acids is 2. The molecule has 4 saturated carbocycles. The van der Waals surface area contributed by atoms with E-state index in [-0.39, 0.29) is 24.0 Å². The summed E-state index contributed by atoms with van der Waals surface area (Å²) < 4.78 is 5.91. The number of likely N-dealkylation sites (N-methyl/N-ethyl adjacent to an activating group) is 1. The van der Waals surface area contributed by atoms with Gasteiger partial charge in [-0.15, -0.1) is 0 Å². The molecule has 0 unspecified atom stereocenters. The van der Waals surface area contributed by atoms with Crippen molar-refractivity contribution in [2.24, 2.45) is 23.7 Å². The number of amides is 1. The van der Waals surface area contributed by atoms with Gasteiger partial charge in [-0.2, -0.15) is 0 Å². The molecule has 1 amide bonds. The molecule has 0 aliphatic heterocycles. The molecule has 4 nitrogen and oxygen atoms in total. The third-order valence-corrected chi connectivity index (χ3v) is 6.01. The Kier molecular flexibility index (Phi) is 3.58. The summed E-state index contributed by atoms with van der Waals surface area (Å²) in [5, 5.41) is 0. The lowest BCUT2D eigenvalue weighted by Crippen LogP contribution is -2.58. The molecule has 4 fully saturated rings. The van der Waals surface area contributed by atoms with Gasteiger partial charge in [-0.1, -0.05) is 6.58 Å². The Bertz CT molecular complexity index is 443. The maximum Gasteiger partial charge on any atom is 0.326 e. The molecular weight excluding hydrogens is 266 g/mol. The van der Waals surface area contributed by atoms with Gasteiger partial charge < -0.3 is 9.64 Å². The van der Waals surface area contributed by atoms with Crippen LogP contribution >= 0.6 is 0 Å². The Labute approximate surface area is 126 Å². The summed E-state index contributed by atoms with van der Waals surface area (Å²) >= 11 is 0. The average molecular weight is 291 g/mol. The van der Waals surface area contributed by atoms with Crippen LogP contribution in [-0.2, 0) is 14.3 Å². The zero-order chi connectivity index (χ0) is 15.2. The van der Waals surface area contributed by atoms with Crippen molar-refractivity contribution in [3.05, 3.63) is 12.7 Å². The molecule has 0 spiro atoms. The molecule has 4 rings (SSSR count). The van der Waals surface area contributed by atoms with Gasteiger partial charge in [0, 0.05) is 7.05 Å². The topological polar surface area (TPSA) is 46.6 Å². The van der Waals surface area contributed by atoms with Crippen molar-refractivity contribution in [1.82, 2.24) is 4.90 Å². The van der Waals surface area contributed by atoms with Crippen molar-refractivity contribution in [3.63, 3.8) is 0 Å². The quantitative estimate of drug-likeness (QED) is 0.590. The minimum atomic E-state index is -0.317. The molecule has 0 saturated heterocycles. The molecule has 116 valence electrons. The number of nitrogens with zero attached hydrogens (tertiary/aromatic N) is 1. The summed E-state index contributed by atoms with van der Waals surface area (Å²) in [4.78, 5) is 25.0. The van der Waals surface area contributed by atoms with Gasteiger partial charge in [-0.25, -0.2) is 0 Å². The molecule has 0 radical (unpaired) electrons. The van der Waals surface area contributed by atoms with Gasteiger partial charge in [0.15, 0.2) is 0 Å². The lowest BCUT2D eigenvalue weighted by molar-refractivity contribution is -0.204. The van der Waals surface area contributed by atoms with Crippen LogP contribution in [0.1, 0.15) is 39.0 Å². The van der Waals surface area contributed by atoms with Crippen LogP contribution in [0.25, 0.3) is 0 Å². The highest BCUT2D eigenvalue weighted by Gasteiger charge is 2.57. The fourth-order valence-corrected chi connectivity index (χ4v) is 4.99. The van der Waals surface area contributed by atoms with Crippen LogP contribution in [0.3, 0.4) is 0 Å². The fraction of sp³-hybridized carbons (Fsp3) is 0.765. The van der Waals surface area contributed by atoms with Crippen LogP contribution in [0.2, 0.25) is 0 Å². The van der Waals surface area contributed by atoms with E-state index in [0.29, 0.717) is 11.8 Å². The molecule has 4 heteroatoms. The van der Waals surface area contributed by atoms with Crippen LogP contribution in [0.4, 0.5) is 0 Å². The number of hydrogen-bond donors (Lipinski definition) is 0. The summed E-state index contributed by atoms with van der Waals surface area (Å²) in [7, 11) is 1.60. The van der Waals surface area contributed by atoms with Crippen LogP contribution < -0.4 is 0 Å². The highest BCUT2D eigenvalue weighted by molar-refractivity contribution is 5.89. The molecule has 21 heavy (non-hydrogen) atoms. The Morgan fingerprint density at radius 1 is 1.19 bits per heavy atom. The van der Waals surface area contributed by atoms with Crippen LogP contribution in [-0.4, -0.2) is 36.0 Å². The van der Waals surface area contributed by atoms with Crippen LogP contribution in [0.15, 0.2) is 12.7 Å². The zero-order valence-corrected chi connectivity index (χ0v) is 13.0. The second-order valence-electron chi connectivity index (χ2n) is 7.36. The Balaban J connectivity index is 1.65. The van der Waals surface area contributed by atoms with Gasteiger partial charge in [-0.05, 0) is 68.8 Å². The van der Waals surface area contributed by atoms with Crippen molar-refractivity contribution < 1.29 is 14.3 Å². The van der Waals surface area contributed by atoms with Crippen molar-refractivity contribution in [2.75, 3.05) is 13.6 Å². The van der Waals surface area contributed by atoms with E-state index in [1.165, 1.54) is 43.1 Å². The molecule has 4 bridgehead atoms. The van der Waals surface area contributed by atoms with Crippen molar-refractivity contribution >= 4 is 11.9 Å². The van der Waals surface area contributed by atoms with Crippen molar-refractivity contribution in [2.45, 2.75) is 44.6 Å². The third-order valence-electron chi connectivity index (χ3n) is 6.01. The number of rotatable bonds is 4. The van der Waals surface area contributed by atoms with E-state index >= 15 is 0 Å². The summed E-state index contributed by atoms with van der Waals surface area (Å²) in [6.45, 7) is 5.56. The first-order chi connectivity index (χ1) is 9.92. The van der Waals surface area contributed by atoms with E-state index in [9.17, 15) is 9.59 Å². The van der Waals surface area contributed by atoms with Crippen molar-refractivity contribution in [3.8, 4) is 0 Å². The van der Waals surface area contributed by atoms with Gasteiger partial charge in [0.1, 0.15) is 12.1 Å². The van der Waals surface area contributed by atoms with Gasteiger partial charge in [0.05, 0.1) is 0 Å².